The third kappa shape index (κ3) is 2.98. The van der Waals surface area contributed by atoms with Crippen LogP contribution in [0.25, 0.3) is 0 Å². The lowest BCUT2D eigenvalue weighted by molar-refractivity contribution is -0.147. The van der Waals surface area contributed by atoms with E-state index < -0.39 is 5.60 Å². The number of hydrogen-bond donors (Lipinski definition) is 1. The Hall–Kier alpha value is -0.590. The van der Waals surface area contributed by atoms with E-state index in [9.17, 15) is 9.90 Å². The summed E-state index contributed by atoms with van der Waals surface area (Å²) in [6.07, 6.45) is 3.95. The van der Waals surface area contributed by atoms with Crippen molar-refractivity contribution in [2.45, 2.75) is 44.1 Å². The summed E-state index contributed by atoms with van der Waals surface area (Å²) in [6, 6.07) is 0. The Labute approximate surface area is 133 Å². The Kier molecular flexibility index (Phi) is 4.30. The fraction of sp³-hybridized carbons (Fsp3) is 0.733. The van der Waals surface area contributed by atoms with Crippen molar-refractivity contribution in [1.29, 1.82) is 0 Å². The van der Waals surface area contributed by atoms with Crippen molar-refractivity contribution < 1.29 is 9.90 Å². The Morgan fingerprint density at radius 3 is 3.10 bits per heavy atom. The van der Waals surface area contributed by atoms with E-state index in [2.05, 4.69) is 4.98 Å². The number of fused-ring (bicyclic) bond motifs is 1. The van der Waals surface area contributed by atoms with Crippen molar-refractivity contribution in [3.8, 4) is 0 Å². The lowest BCUT2D eigenvalue weighted by Gasteiger charge is -2.31. The number of carbonyl (C=O) groups is 1. The van der Waals surface area contributed by atoms with Gasteiger partial charge in [0.2, 0.25) is 0 Å². The molecule has 0 radical (unpaired) electrons. The Morgan fingerprint density at radius 1 is 1.57 bits per heavy atom. The minimum Gasteiger partial charge on any atom is -0.379 e. The molecule has 1 N–H and O–H groups in total. The maximum atomic E-state index is 12.5. The van der Waals surface area contributed by atoms with E-state index in [0.29, 0.717) is 24.6 Å². The van der Waals surface area contributed by atoms with Crippen LogP contribution in [0.5, 0.6) is 0 Å². The molecule has 0 saturated carbocycles. The first kappa shape index (κ1) is 15.3. The highest BCUT2D eigenvalue weighted by Gasteiger charge is 2.42. The number of rotatable bonds is 3. The van der Waals surface area contributed by atoms with Gasteiger partial charge in [-0.25, -0.2) is 4.98 Å². The van der Waals surface area contributed by atoms with Gasteiger partial charge in [0.25, 0.3) is 5.91 Å². The summed E-state index contributed by atoms with van der Waals surface area (Å²) in [5.74, 6) is 1.61. The van der Waals surface area contributed by atoms with Crippen molar-refractivity contribution in [3.63, 3.8) is 0 Å². The van der Waals surface area contributed by atoms with Gasteiger partial charge in [-0.2, -0.15) is 11.8 Å². The van der Waals surface area contributed by atoms with Crippen molar-refractivity contribution >= 4 is 29.0 Å². The molecule has 1 fully saturated rings. The van der Waals surface area contributed by atoms with Crippen molar-refractivity contribution in [3.05, 3.63) is 15.6 Å². The molecule has 4 nitrogen and oxygen atoms in total. The second-order valence-electron chi connectivity index (χ2n) is 6.15. The maximum Gasteiger partial charge on any atom is 0.255 e. The van der Waals surface area contributed by atoms with Crippen LogP contribution in [0.4, 0.5) is 0 Å². The normalized spacial score (nSPS) is 28.4. The number of thiazole rings is 1. The van der Waals surface area contributed by atoms with E-state index in [0.717, 1.165) is 23.6 Å². The van der Waals surface area contributed by atoms with Crippen LogP contribution in [0.2, 0.25) is 0 Å². The quantitative estimate of drug-likeness (QED) is 0.925. The summed E-state index contributed by atoms with van der Waals surface area (Å²) in [7, 11) is 1.82. The molecule has 21 heavy (non-hydrogen) atoms. The molecule has 1 aliphatic heterocycles. The summed E-state index contributed by atoms with van der Waals surface area (Å²) in [6.45, 7) is 2.72. The highest BCUT2D eigenvalue weighted by molar-refractivity contribution is 7.99. The highest BCUT2D eigenvalue weighted by atomic mass is 32.2. The molecule has 0 spiro atoms. The first-order chi connectivity index (χ1) is 9.99. The zero-order valence-electron chi connectivity index (χ0n) is 12.6. The van der Waals surface area contributed by atoms with Gasteiger partial charge in [-0.15, -0.1) is 11.3 Å². The summed E-state index contributed by atoms with van der Waals surface area (Å²) in [5, 5.41) is 11.6. The van der Waals surface area contributed by atoms with Crippen LogP contribution in [-0.4, -0.2) is 51.6 Å². The largest absolute Gasteiger partial charge is 0.379 e. The molecule has 1 saturated heterocycles. The molecule has 3 rings (SSSR count). The molecule has 1 aromatic heterocycles. The number of thioether (sulfide) groups is 1. The van der Waals surface area contributed by atoms with Gasteiger partial charge in [0, 0.05) is 30.1 Å². The molecular weight excluding hydrogens is 304 g/mol. The number of aryl methyl sites for hydroxylation is 2. The van der Waals surface area contributed by atoms with Crippen LogP contribution >= 0.6 is 23.1 Å². The van der Waals surface area contributed by atoms with Gasteiger partial charge in [0.1, 0.15) is 0 Å². The highest BCUT2D eigenvalue weighted by Crippen LogP contribution is 2.36. The third-order valence-electron chi connectivity index (χ3n) is 4.42. The predicted molar refractivity (Wildman–Crippen MR) is 87.1 cm³/mol. The third-order valence-corrected chi connectivity index (χ3v) is 6.64. The van der Waals surface area contributed by atoms with E-state index in [1.165, 1.54) is 17.0 Å². The van der Waals surface area contributed by atoms with Crippen LogP contribution in [0.15, 0.2) is 0 Å². The first-order valence-corrected chi connectivity index (χ1v) is 9.48. The Morgan fingerprint density at radius 2 is 2.38 bits per heavy atom. The molecule has 2 heterocycles. The average Bonchev–Trinajstić information content (AvgIpc) is 3.04. The molecule has 1 amide bonds. The number of aliphatic hydroxyl groups is 1. The summed E-state index contributed by atoms with van der Waals surface area (Å²) in [5.41, 5.74) is 0.0470. The number of hydrogen-bond acceptors (Lipinski definition) is 5. The number of carbonyl (C=O) groups excluding carboxylic acids is 1. The minimum absolute atomic E-state index is 0.119. The van der Waals surface area contributed by atoms with Gasteiger partial charge in [-0.05, 0) is 38.4 Å². The molecule has 116 valence electrons. The Balaban J connectivity index is 1.70. The van der Waals surface area contributed by atoms with E-state index in [-0.39, 0.29) is 5.91 Å². The second-order valence-corrected chi connectivity index (χ2v) is 8.54. The SMILES string of the molecule is Cc1nc2c(s1)CCC[C@H]2CN(C)C(=O)[C@@]1(O)CCSC1. The molecule has 1 aromatic rings. The van der Waals surface area contributed by atoms with Crippen molar-refractivity contribution in [2.24, 2.45) is 0 Å². The minimum atomic E-state index is -1.14. The zero-order valence-corrected chi connectivity index (χ0v) is 14.2. The number of amides is 1. The Bertz CT molecular complexity index is 538. The second kappa shape index (κ2) is 5.89. The smallest absolute Gasteiger partial charge is 0.255 e. The van der Waals surface area contributed by atoms with Gasteiger partial charge >= 0.3 is 0 Å². The van der Waals surface area contributed by atoms with Gasteiger partial charge < -0.3 is 10.0 Å². The first-order valence-electron chi connectivity index (χ1n) is 7.51. The van der Waals surface area contributed by atoms with Crippen LogP contribution in [0.1, 0.15) is 40.8 Å². The molecule has 6 heteroatoms. The van der Waals surface area contributed by atoms with Crippen LogP contribution < -0.4 is 0 Å². The lowest BCUT2D eigenvalue weighted by atomic mass is 9.90. The van der Waals surface area contributed by atoms with Gasteiger partial charge in [-0.3, -0.25) is 4.79 Å². The summed E-state index contributed by atoms with van der Waals surface area (Å²) < 4.78 is 0. The molecule has 2 atom stereocenters. The molecular formula is C15H22N2O2S2. The molecule has 0 bridgehead atoms. The van der Waals surface area contributed by atoms with Gasteiger partial charge in [0.05, 0.1) is 10.7 Å². The van der Waals surface area contributed by atoms with Crippen molar-refractivity contribution in [2.75, 3.05) is 25.1 Å². The number of nitrogens with zero attached hydrogens (tertiary/aromatic N) is 2. The number of aromatic nitrogens is 1. The van der Waals surface area contributed by atoms with Gasteiger partial charge in [-0.1, -0.05) is 0 Å². The molecule has 2 aliphatic rings. The average molecular weight is 326 g/mol. The van der Waals surface area contributed by atoms with E-state index >= 15 is 0 Å². The number of likely N-dealkylation sites (N-methyl/N-ethyl adjacent to an activating group) is 1. The molecule has 0 unspecified atom stereocenters. The fourth-order valence-corrected chi connectivity index (χ4v) is 5.59. The standard InChI is InChI=1S/C15H22N2O2S2/c1-10-16-13-11(4-3-5-12(13)21-10)8-17(2)14(18)15(19)6-7-20-9-15/h11,19H,3-9H2,1-2H3/t11-,15+/m0/s1. The predicted octanol–water partition coefficient (Wildman–Crippen LogP) is 2.20. The molecule has 0 aromatic carbocycles. The molecule has 1 aliphatic carbocycles. The maximum absolute atomic E-state index is 12.5. The van der Waals surface area contributed by atoms with E-state index in [4.69, 9.17) is 0 Å². The topological polar surface area (TPSA) is 53.4 Å². The van der Waals surface area contributed by atoms with Crippen LogP contribution in [-0.2, 0) is 11.2 Å². The van der Waals surface area contributed by atoms with E-state index in [1.54, 1.807) is 28.0 Å². The monoisotopic (exact) mass is 326 g/mol. The zero-order chi connectivity index (χ0) is 15.0. The van der Waals surface area contributed by atoms with Crippen LogP contribution in [0, 0.1) is 6.92 Å². The fourth-order valence-electron chi connectivity index (χ4n) is 3.30. The van der Waals surface area contributed by atoms with Crippen molar-refractivity contribution in [1.82, 2.24) is 9.88 Å². The summed E-state index contributed by atoms with van der Waals surface area (Å²) in [4.78, 5) is 20.3. The van der Waals surface area contributed by atoms with Crippen LogP contribution in [0.3, 0.4) is 0 Å². The lowest BCUT2D eigenvalue weighted by Crippen LogP contribution is -2.48. The van der Waals surface area contributed by atoms with Gasteiger partial charge in [0.15, 0.2) is 5.60 Å². The van der Waals surface area contributed by atoms with E-state index in [1.807, 2.05) is 14.0 Å². The summed E-state index contributed by atoms with van der Waals surface area (Å²) >= 11 is 3.44.